The predicted molar refractivity (Wildman–Crippen MR) is 135 cm³/mol. The first kappa shape index (κ1) is 23.6. The fraction of sp³-hybridized carbons (Fsp3) is 0.440. The van der Waals surface area contributed by atoms with Crippen molar-refractivity contribution < 1.29 is 13.2 Å². The van der Waals surface area contributed by atoms with E-state index in [1.165, 1.54) is 50.3 Å². The van der Waals surface area contributed by atoms with Gasteiger partial charge in [0.05, 0.1) is 27.2 Å². The molecule has 1 amide bonds. The summed E-state index contributed by atoms with van der Waals surface area (Å²) in [7, 11) is -3.97. The van der Waals surface area contributed by atoms with Crippen molar-refractivity contribution in [2.45, 2.75) is 37.0 Å². The smallest absolute Gasteiger partial charge is 0.323 e. The van der Waals surface area contributed by atoms with Crippen molar-refractivity contribution in [3.05, 3.63) is 58.5 Å². The summed E-state index contributed by atoms with van der Waals surface area (Å²) in [4.78, 5) is 34.3. The minimum Gasteiger partial charge on any atom is -0.336 e. The number of fused-ring (bicyclic) bond motifs is 1. The number of aromatic amines is 2. The van der Waals surface area contributed by atoms with Crippen LogP contribution in [0, 0.1) is 5.92 Å². The Labute approximate surface area is 204 Å². The summed E-state index contributed by atoms with van der Waals surface area (Å²) >= 11 is 0. The molecule has 1 aliphatic heterocycles. The number of H-pyrrole nitrogens is 2. The molecule has 35 heavy (non-hydrogen) atoms. The van der Waals surface area contributed by atoms with Crippen LogP contribution in [0.15, 0.2) is 52.2 Å². The number of carbonyl (C=O) groups excluding carboxylic acids is 1. The number of amides is 1. The molecule has 0 atom stereocenters. The normalized spacial score (nSPS) is 18.1. The molecule has 0 radical (unpaired) electrons. The Balaban J connectivity index is 1.27. The van der Waals surface area contributed by atoms with Crippen LogP contribution in [0.4, 0.5) is 5.69 Å². The third kappa shape index (κ3) is 5.28. The lowest BCUT2D eigenvalue weighted by Crippen LogP contribution is -2.50. The van der Waals surface area contributed by atoms with Crippen molar-refractivity contribution in [2.75, 3.05) is 37.4 Å². The molecule has 186 valence electrons. The van der Waals surface area contributed by atoms with Crippen molar-refractivity contribution in [3.63, 3.8) is 0 Å². The Kier molecular flexibility index (Phi) is 6.66. The van der Waals surface area contributed by atoms with Gasteiger partial charge in [0.25, 0.3) is 15.9 Å². The SMILES string of the molecule is O=C(c1ccccc1NS(=O)(=O)c1ccc2[nH]c(=O)[nH]c2c1)N1CCN(CC2CCCCC2)CC1. The molecule has 2 fully saturated rings. The summed E-state index contributed by atoms with van der Waals surface area (Å²) < 4.78 is 28.8. The number of nitrogens with one attached hydrogen (secondary N) is 3. The molecule has 2 aliphatic rings. The number of nitrogens with zero attached hydrogens (tertiary/aromatic N) is 2. The van der Waals surface area contributed by atoms with Crippen LogP contribution in [0.1, 0.15) is 42.5 Å². The number of benzene rings is 2. The number of hydrogen-bond acceptors (Lipinski definition) is 5. The Morgan fingerprint density at radius 2 is 1.66 bits per heavy atom. The molecule has 2 aromatic carbocycles. The quantitative estimate of drug-likeness (QED) is 0.484. The molecular formula is C25H31N5O4S. The first-order chi connectivity index (χ1) is 16.9. The maximum absolute atomic E-state index is 13.3. The zero-order valence-corrected chi connectivity index (χ0v) is 20.4. The van der Waals surface area contributed by atoms with Gasteiger partial charge in [0.15, 0.2) is 0 Å². The fourth-order valence-electron chi connectivity index (χ4n) is 5.18. The third-order valence-corrected chi connectivity index (χ3v) is 8.46. The van der Waals surface area contributed by atoms with E-state index in [1.807, 2.05) is 0 Å². The van der Waals surface area contributed by atoms with Gasteiger partial charge in [0.1, 0.15) is 0 Å². The zero-order chi connectivity index (χ0) is 24.4. The minimum absolute atomic E-state index is 0.00108. The lowest BCUT2D eigenvalue weighted by atomic mass is 9.89. The first-order valence-corrected chi connectivity index (χ1v) is 13.7. The van der Waals surface area contributed by atoms with E-state index in [4.69, 9.17) is 0 Å². The number of imidazole rings is 1. The molecule has 1 saturated carbocycles. The minimum atomic E-state index is -3.97. The molecular weight excluding hydrogens is 466 g/mol. The molecule has 3 N–H and O–H groups in total. The summed E-state index contributed by atoms with van der Waals surface area (Å²) in [6.45, 7) is 4.04. The monoisotopic (exact) mass is 497 g/mol. The number of anilines is 1. The highest BCUT2D eigenvalue weighted by Crippen LogP contribution is 2.26. The number of piperazine rings is 1. The van der Waals surface area contributed by atoms with Crippen LogP contribution in [0.25, 0.3) is 11.0 Å². The number of aromatic nitrogens is 2. The van der Waals surface area contributed by atoms with Gasteiger partial charge in [-0.3, -0.25) is 14.4 Å². The van der Waals surface area contributed by atoms with Crippen LogP contribution >= 0.6 is 0 Å². The Bertz CT molecular complexity index is 1370. The van der Waals surface area contributed by atoms with Gasteiger partial charge in [0.2, 0.25) is 0 Å². The summed E-state index contributed by atoms with van der Waals surface area (Å²) in [6, 6.07) is 11.0. The van der Waals surface area contributed by atoms with Gasteiger partial charge >= 0.3 is 5.69 Å². The van der Waals surface area contributed by atoms with Gasteiger partial charge in [-0.15, -0.1) is 0 Å². The highest BCUT2D eigenvalue weighted by Gasteiger charge is 2.27. The van der Waals surface area contributed by atoms with Crippen molar-refractivity contribution >= 4 is 32.7 Å². The second kappa shape index (κ2) is 9.87. The summed E-state index contributed by atoms with van der Waals surface area (Å²) in [6.07, 6.45) is 6.61. The zero-order valence-electron chi connectivity index (χ0n) is 19.6. The van der Waals surface area contributed by atoms with Crippen LogP contribution in [0.5, 0.6) is 0 Å². The van der Waals surface area contributed by atoms with E-state index in [-0.39, 0.29) is 16.5 Å². The molecule has 5 rings (SSSR count). The molecule has 9 nitrogen and oxygen atoms in total. The van der Waals surface area contributed by atoms with Crippen molar-refractivity contribution in [1.82, 2.24) is 19.8 Å². The number of carbonyl (C=O) groups is 1. The molecule has 1 aliphatic carbocycles. The second-order valence-corrected chi connectivity index (χ2v) is 11.2. The molecule has 0 unspecified atom stereocenters. The van der Waals surface area contributed by atoms with Crippen LogP contribution in [-0.2, 0) is 10.0 Å². The predicted octanol–water partition coefficient (Wildman–Crippen LogP) is 3.00. The van der Waals surface area contributed by atoms with Crippen LogP contribution in [0.2, 0.25) is 0 Å². The average molecular weight is 498 g/mol. The number of rotatable bonds is 6. The molecule has 0 spiro atoms. The summed E-state index contributed by atoms with van der Waals surface area (Å²) in [5.74, 6) is 0.593. The van der Waals surface area contributed by atoms with E-state index in [0.717, 1.165) is 25.6 Å². The maximum Gasteiger partial charge on any atom is 0.323 e. The topological polar surface area (TPSA) is 118 Å². The highest BCUT2D eigenvalue weighted by atomic mass is 32.2. The van der Waals surface area contributed by atoms with Crippen LogP contribution in [0.3, 0.4) is 0 Å². The van der Waals surface area contributed by atoms with Crippen molar-refractivity contribution in [3.8, 4) is 0 Å². The Morgan fingerprint density at radius 3 is 2.43 bits per heavy atom. The molecule has 1 saturated heterocycles. The van der Waals surface area contributed by atoms with Gasteiger partial charge in [-0.1, -0.05) is 31.4 Å². The third-order valence-electron chi connectivity index (χ3n) is 7.10. The molecule has 10 heteroatoms. The highest BCUT2D eigenvalue weighted by molar-refractivity contribution is 7.92. The first-order valence-electron chi connectivity index (χ1n) is 12.2. The largest absolute Gasteiger partial charge is 0.336 e. The van der Waals surface area contributed by atoms with Crippen LogP contribution in [-0.4, -0.2) is 66.8 Å². The molecule has 3 aromatic rings. The van der Waals surface area contributed by atoms with E-state index < -0.39 is 15.7 Å². The van der Waals surface area contributed by atoms with E-state index in [1.54, 1.807) is 29.2 Å². The number of para-hydroxylation sites is 1. The van der Waals surface area contributed by atoms with Gasteiger partial charge in [0, 0.05) is 32.7 Å². The maximum atomic E-state index is 13.3. The average Bonchev–Trinajstić information content (AvgIpc) is 3.24. The fourth-order valence-corrected chi connectivity index (χ4v) is 6.29. The van der Waals surface area contributed by atoms with E-state index in [2.05, 4.69) is 19.6 Å². The van der Waals surface area contributed by atoms with Crippen molar-refractivity contribution in [2.24, 2.45) is 5.92 Å². The molecule has 1 aromatic heterocycles. The summed E-state index contributed by atoms with van der Waals surface area (Å²) in [5.41, 5.74) is 1.08. The van der Waals surface area contributed by atoms with Gasteiger partial charge in [-0.25, -0.2) is 13.2 Å². The Morgan fingerprint density at radius 1 is 0.943 bits per heavy atom. The van der Waals surface area contributed by atoms with E-state index in [0.29, 0.717) is 29.7 Å². The lowest BCUT2D eigenvalue weighted by molar-refractivity contribution is 0.0607. The Hall–Kier alpha value is -3.11. The molecule has 2 heterocycles. The number of hydrogen-bond donors (Lipinski definition) is 3. The summed E-state index contributed by atoms with van der Waals surface area (Å²) in [5, 5.41) is 0. The second-order valence-electron chi connectivity index (χ2n) is 9.53. The van der Waals surface area contributed by atoms with Gasteiger partial charge in [-0.2, -0.15) is 0 Å². The van der Waals surface area contributed by atoms with Gasteiger partial charge < -0.3 is 14.9 Å². The van der Waals surface area contributed by atoms with Crippen LogP contribution < -0.4 is 10.4 Å². The van der Waals surface area contributed by atoms with E-state index in [9.17, 15) is 18.0 Å². The van der Waals surface area contributed by atoms with Gasteiger partial charge in [-0.05, 0) is 49.1 Å². The van der Waals surface area contributed by atoms with E-state index >= 15 is 0 Å². The van der Waals surface area contributed by atoms with Crippen molar-refractivity contribution in [1.29, 1.82) is 0 Å². The molecule has 0 bridgehead atoms. The number of sulfonamides is 1. The standard InChI is InChI=1S/C25H31N5O4S/c31-24(30-14-12-29(13-15-30)17-18-6-2-1-3-7-18)20-8-4-5-9-21(20)28-35(33,34)19-10-11-22-23(16-19)27-25(32)26-22/h4-5,8-11,16,18,28H,1-3,6-7,12-15,17H2,(H2,26,27,32). The lowest BCUT2D eigenvalue weighted by Gasteiger charge is -2.37.